The van der Waals surface area contributed by atoms with Gasteiger partial charge in [0.25, 0.3) is 10.0 Å². The Morgan fingerprint density at radius 3 is 2.68 bits per heavy atom. The van der Waals surface area contributed by atoms with Gasteiger partial charge >= 0.3 is 0 Å². The predicted molar refractivity (Wildman–Crippen MR) is 93.7 cm³/mol. The molecule has 0 saturated carbocycles. The van der Waals surface area contributed by atoms with Gasteiger partial charge in [-0.2, -0.15) is 0 Å². The van der Waals surface area contributed by atoms with Gasteiger partial charge in [0.15, 0.2) is 0 Å². The maximum Gasteiger partial charge on any atom is 0.261 e. The Labute approximate surface area is 150 Å². The highest BCUT2D eigenvalue weighted by molar-refractivity contribution is 7.89. The lowest BCUT2D eigenvalue weighted by Gasteiger charge is -2.29. The number of benzene rings is 1. The molecule has 0 atom stereocenters. The van der Waals surface area contributed by atoms with Gasteiger partial charge in [-0.25, -0.2) is 22.5 Å². The average Bonchev–Trinajstić information content (AvgIpc) is 2.94. The second-order valence-corrected chi connectivity index (χ2v) is 7.84. The minimum Gasteiger partial charge on any atom is -0.367 e. The third-order valence-corrected chi connectivity index (χ3v) is 5.91. The second-order valence-electron chi connectivity index (χ2n) is 5.80. The monoisotopic (exact) mass is 387 g/mol. The van der Waals surface area contributed by atoms with Crippen molar-refractivity contribution in [1.29, 1.82) is 0 Å². The van der Waals surface area contributed by atoms with Gasteiger partial charge in [-0.1, -0.05) is 17.7 Å². The lowest BCUT2D eigenvalue weighted by atomic mass is 10.1. The lowest BCUT2D eigenvalue weighted by molar-refractivity contribution is 0.564. The highest BCUT2D eigenvalue weighted by Gasteiger charge is 2.22. The minimum atomic E-state index is -3.87. The number of anilines is 1. The highest BCUT2D eigenvalue weighted by Crippen LogP contribution is 2.22. The molecule has 3 rings (SSSR count). The maximum atomic E-state index is 14.4. The number of sulfonamides is 1. The SMILES string of the molecule is Cn1cnc(S(=O)(=O)NCc2ccc(N3CCNCC3)c(F)c2)c1Cl. The molecule has 1 aromatic heterocycles. The number of aryl methyl sites for hydroxylation is 1. The van der Waals surface area contributed by atoms with Gasteiger partial charge in [-0.3, -0.25) is 0 Å². The van der Waals surface area contributed by atoms with Crippen molar-refractivity contribution in [1.82, 2.24) is 19.6 Å². The van der Waals surface area contributed by atoms with Gasteiger partial charge in [0.05, 0.1) is 12.0 Å². The van der Waals surface area contributed by atoms with E-state index in [2.05, 4.69) is 15.0 Å². The third-order valence-electron chi connectivity index (χ3n) is 4.02. The Bertz CT molecular complexity index is 865. The van der Waals surface area contributed by atoms with Crippen molar-refractivity contribution in [3.05, 3.63) is 41.1 Å². The standard InChI is InChI=1S/C15H19ClFN5O2S/c1-21-10-19-15(14(21)16)25(23,24)20-9-11-2-3-13(12(17)8-11)22-6-4-18-5-7-22/h2-3,8,10,18,20H,4-7,9H2,1H3. The molecule has 1 saturated heterocycles. The Hall–Kier alpha value is -1.68. The normalized spacial score (nSPS) is 15.6. The van der Waals surface area contributed by atoms with Gasteiger partial charge in [0.2, 0.25) is 5.03 Å². The zero-order valence-corrected chi connectivity index (χ0v) is 15.2. The number of imidazole rings is 1. The van der Waals surface area contributed by atoms with Crippen LogP contribution >= 0.6 is 11.6 Å². The summed E-state index contributed by atoms with van der Waals surface area (Å²) in [5, 5.41) is 2.99. The molecular weight excluding hydrogens is 369 g/mol. The smallest absolute Gasteiger partial charge is 0.261 e. The zero-order chi connectivity index (χ0) is 18.0. The van der Waals surface area contributed by atoms with Gasteiger partial charge in [0.1, 0.15) is 11.0 Å². The first-order valence-electron chi connectivity index (χ1n) is 7.79. The molecule has 0 unspecified atom stereocenters. The quantitative estimate of drug-likeness (QED) is 0.803. The number of nitrogens with zero attached hydrogens (tertiary/aromatic N) is 3. The number of rotatable bonds is 5. The molecule has 1 aromatic carbocycles. The molecule has 1 fully saturated rings. The van der Waals surface area contributed by atoms with Crippen LogP contribution in [0.3, 0.4) is 0 Å². The third kappa shape index (κ3) is 3.95. The summed E-state index contributed by atoms with van der Waals surface area (Å²) in [4.78, 5) is 5.75. The van der Waals surface area contributed by atoms with E-state index in [0.717, 1.165) is 26.2 Å². The molecule has 25 heavy (non-hydrogen) atoms. The molecule has 2 N–H and O–H groups in total. The van der Waals surface area contributed by atoms with Crippen molar-refractivity contribution in [3.63, 3.8) is 0 Å². The molecule has 0 aliphatic carbocycles. The number of halogens is 2. The van der Waals surface area contributed by atoms with Crippen molar-refractivity contribution in [3.8, 4) is 0 Å². The van der Waals surface area contributed by atoms with E-state index < -0.39 is 10.0 Å². The summed E-state index contributed by atoms with van der Waals surface area (Å²) in [6, 6.07) is 4.74. The molecule has 136 valence electrons. The van der Waals surface area contributed by atoms with Gasteiger partial charge < -0.3 is 14.8 Å². The molecule has 1 aliphatic heterocycles. The van der Waals surface area contributed by atoms with Crippen LogP contribution in [0.4, 0.5) is 10.1 Å². The van der Waals surface area contributed by atoms with E-state index in [4.69, 9.17) is 11.6 Å². The molecule has 0 radical (unpaired) electrons. The van der Waals surface area contributed by atoms with E-state index in [1.165, 1.54) is 17.0 Å². The van der Waals surface area contributed by atoms with Gasteiger partial charge in [-0.05, 0) is 17.7 Å². The first-order chi connectivity index (χ1) is 11.9. The first kappa shape index (κ1) is 18.1. The van der Waals surface area contributed by atoms with Gasteiger partial charge in [0, 0.05) is 39.8 Å². The Kier molecular flexibility index (Phi) is 5.28. The van der Waals surface area contributed by atoms with E-state index in [1.807, 2.05) is 4.90 Å². The van der Waals surface area contributed by atoms with E-state index in [-0.39, 0.29) is 22.5 Å². The fourth-order valence-corrected chi connectivity index (χ4v) is 4.09. The molecular formula is C15H19ClFN5O2S. The van der Waals surface area contributed by atoms with Crippen LogP contribution in [-0.2, 0) is 23.6 Å². The summed E-state index contributed by atoms with van der Waals surface area (Å²) >= 11 is 5.92. The number of aromatic nitrogens is 2. The van der Waals surface area contributed by atoms with Crippen LogP contribution in [0, 0.1) is 5.82 Å². The number of nitrogens with one attached hydrogen (secondary N) is 2. The summed E-state index contributed by atoms with van der Waals surface area (Å²) in [5.41, 5.74) is 1.05. The van der Waals surface area contributed by atoms with E-state index in [9.17, 15) is 12.8 Å². The molecule has 0 spiro atoms. The van der Waals surface area contributed by atoms with Crippen LogP contribution in [-0.4, -0.2) is 44.1 Å². The molecule has 2 heterocycles. The maximum absolute atomic E-state index is 14.4. The van der Waals surface area contributed by atoms with Crippen LogP contribution in [0.15, 0.2) is 29.6 Å². The van der Waals surface area contributed by atoms with Crippen LogP contribution < -0.4 is 14.9 Å². The fourth-order valence-electron chi connectivity index (χ4n) is 2.64. The van der Waals surface area contributed by atoms with Crippen LogP contribution in [0.5, 0.6) is 0 Å². The van der Waals surface area contributed by atoms with Gasteiger partial charge in [-0.15, -0.1) is 0 Å². The zero-order valence-electron chi connectivity index (χ0n) is 13.7. The Balaban J connectivity index is 1.71. The summed E-state index contributed by atoms with van der Waals surface area (Å²) in [7, 11) is -2.27. The second kappa shape index (κ2) is 7.28. The van der Waals surface area contributed by atoms with E-state index in [0.29, 0.717) is 11.3 Å². The average molecular weight is 388 g/mol. The van der Waals surface area contributed by atoms with E-state index >= 15 is 0 Å². The largest absolute Gasteiger partial charge is 0.367 e. The number of hydrogen-bond donors (Lipinski definition) is 2. The predicted octanol–water partition coefficient (Wildman–Crippen LogP) is 1.10. The number of hydrogen-bond acceptors (Lipinski definition) is 5. The van der Waals surface area contributed by atoms with Crippen LogP contribution in [0.25, 0.3) is 0 Å². The summed E-state index contributed by atoms with van der Waals surface area (Å²) in [6.45, 7) is 3.05. The van der Waals surface area contributed by atoms with Crippen molar-refractivity contribution in [2.24, 2.45) is 7.05 Å². The summed E-state index contributed by atoms with van der Waals surface area (Å²) < 4.78 is 42.7. The van der Waals surface area contributed by atoms with Crippen molar-refractivity contribution in [2.45, 2.75) is 11.6 Å². The Morgan fingerprint density at radius 1 is 1.36 bits per heavy atom. The minimum absolute atomic E-state index is 0.0211. The Morgan fingerprint density at radius 2 is 2.08 bits per heavy atom. The molecule has 7 nitrogen and oxygen atoms in total. The fraction of sp³-hybridized carbons (Fsp3) is 0.400. The highest BCUT2D eigenvalue weighted by atomic mass is 35.5. The first-order valence-corrected chi connectivity index (χ1v) is 9.65. The number of piperazine rings is 1. The molecule has 0 bridgehead atoms. The molecule has 2 aromatic rings. The molecule has 0 amide bonds. The van der Waals surface area contributed by atoms with Crippen molar-refractivity contribution in [2.75, 3.05) is 31.1 Å². The summed E-state index contributed by atoms with van der Waals surface area (Å²) in [6.07, 6.45) is 1.32. The van der Waals surface area contributed by atoms with Crippen LogP contribution in [0.2, 0.25) is 5.15 Å². The molecule has 1 aliphatic rings. The lowest BCUT2D eigenvalue weighted by Crippen LogP contribution is -2.43. The molecule has 10 heteroatoms. The van der Waals surface area contributed by atoms with Crippen molar-refractivity contribution >= 4 is 27.3 Å². The summed E-state index contributed by atoms with van der Waals surface area (Å²) in [5.74, 6) is -0.366. The van der Waals surface area contributed by atoms with E-state index in [1.54, 1.807) is 19.2 Å². The van der Waals surface area contributed by atoms with Crippen LogP contribution in [0.1, 0.15) is 5.56 Å². The topological polar surface area (TPSA) is 79.3 Å². The van der Waals surface area contributed by atoms with Crippen molar-refractivity contribution < 1.29 is 12.8 Å².